The van der Waals surface area contributed by atoms with Crippen LogP contribution in [0.5, 0.6) is 5.75 Å². The molecule has 31 heavy (non-hydrogen) atoms. The van der Waals surface area contributed by atoms with E-state index in [9.17, 15) is 4.79 Å². The van der Waals surface area contributed by atoms with Crippen molar-refractivity contribution in [2.45, 2.75) is 18.9 Å². The van der Waals surface area contributed by atoms with Crippen molar-refractivity contribution in [2.75, 3.05) is 40.0 Å². The summed E-state index contributed by atoms with van der Waals surface area (Å²) in [6.45, 7) is 3.28. The summed E-state index contributed by atoms with van der Waals surface area (Å²) in [5.74, 6) is 0.794. The fourth-order valence-corrected chi connectivity index (χ4v) is 4.45. The largest absolute Gasteiger partial charge is 0.497 e. The highest BCUT2D eigenvalue weighted by Gasteiger charge is 2.29. The minimum absolute atomic E-state index is 0.0118. The summed E-state index contributed by atoms with van der Waals surface area (Å²) in [5.41, 5.74) is 3.99. The van der Waals surface area contributed by atoms with Gasteiger partial charge in [0.2, 0.25) is 0 Å². The van der Waals surface area contributed by atoms with Crippen LogP contribution < -0.4 is 10.1 Å². The molecular weight excluding hydrogens is 394 g/mol. The zero-order chi connectivity index (χ0) is 21.4. The van der Waals surface area contributed by atoms with Crippen molar-refractivity contribution in [1.29, 1.82) is 0 Å². The van der Waals surface area contributed by atoms with Crippen molar-refractivity contribution >= 4 is 16.9 Å². The smallest absolute Gasteiger partial charge is 0.254 e. The molecule has 0 spiro atoms. The van der Waals surface area contributed by atoms with Crippen LogP contribution in [0.3, 0.4) is 0 Å². The lowest BCUT2D eigenvalue weighted by atomic mass is 10.0. The number of morpholine rings is 1. The Morgan fingerprint density at radius 3 is 2.68 bits per heavy atom. The number of pyridine rings is 1. The van der Waals surface area contributed by atoms with Gasteiger partial charge in [-0.25, -0.2) is 4.98 Å². The van der Waals surface area contributed by atoms with Crippen LogP contribution in [0.1, 0.15) is 34.9 Å². The molecule has 0 aliphatic carbocycles. The summed E-state index contributed by atoms with van der Waals surface area (Å²) in [4.78, 5) is 20.4. The first-order chi connectivity index (χ1) is 15.2. The van der Waals surface area contributed by atoms with E-state index in [0.29, 0.717) is 31.9 Å². The number of carbonyl (C=O) groups is 1. The first-order valence-corrected chi connectivity index (χ1v) is 10.8. The monoisotopic (exact) mass is 421 g/mol. The normalized spacial score (nSPS) is 19.2. The molecule has 0 radical (unpaired) electrons. The Balaban J connectivity index is 1.68. The highest BCUT2D eigenvalue weighted by atomic mass is 16.5. The lowest BCUT2D eigenvalue weighted by Gasteiger charge is -2.27. The number of nitrogens with one attached hydrogen (secondary N) is 1. The van der Waals surface area contributed by atoms with Gasteiger partial charge in [-0.1, -0.05) is 0 Å². The van der Waals surface area contributed by atoms with Crippen LogP contribution in [0.2, 0.25) is 0 Å². The van der Waals surface area contributed by atoms with E-state index in [2.05, 4.69) is 5.32 Å². The molecule has 1 aromatic carbocycles. The second-order valence-electron chi connectivity index (χ2n) is 8.04. The molecule has 0 bridgehead atoms. The van der Waals surface area contributed by atoms with Crippen molar-refractivity contribution in [2.24, 2.45) is 7.05 Å². The molecule has 8 nitrogen and oxygen atoms in total. The zero-order valence-corrected chi connectivity index (χ0v) is 17.9. The van der Waals surface area contributed by atoms with E-state index < -0.39 is 0 Å². The van der Waals surface area contributed by atoms with Gasteiger partial charge >= 0.3 is 0 Å². The summed E-state index contributed by atoms with van der Waals surface area (Å²) < 4.78 is 12.5. The SMILES string of the molecule is COc1ccc(-c2cc(C(=O)N3CCOCC3)c3c(C4CCCN4)nn(C)c3n2)cc1. The number of fused-ring (bicyclic) bond motifs is 1. The number of carbonyl (C=O) groups excluding carboxylic acids is 1. The quantitative estimate of drug-likeness (QED) is 0.697. The number of aryl methyl sites for hydroxylation is 1. The number of ether oxygens (including phenoxy) is 2. The molecule has 2 aromatic heterocycles. The fraction of sp³-hybridized carbons (Fsp3) is 0.435. The van der Waals surface area contributed by atoms with E-state index in [0.717, 1.165) is 53.1 Å². The van der Waals surface area contributed by atoms with Crippen molar-refractivity contribution < 1.29 is 14.3 Å². The Hall–Kier alpha value is -2.97. The molecule has 2 aliphatic heterocycles. The molecule has 1 amide bonds. The van der Waals surface area contributed by atoms with Gasteiger partial charge in [0, 0.05) is 25.7 Å². The Labute approximate surface area is 181 Å². The summed E-state index contributed by atoms with van der Waals surface area (Å²) in [6, 6.07) is 9.80. The van der Waals surface area contributed by atoms with Crippen molar-refractivity contribution in [3.63, 3.8) is 0 Å². The molecule has 8 heteroatoms. The van der Waals surface area contributed by atoms with Gasteiger partial charge in [0.25, 0.3) is 5.91 Å². The number of hydrogen-bond acceptors (Lipinski definition) is 6. The molecule has 1 N–H and O–H groups in total. The van der Waals surface area contributed by atoms with E-state index in [1.165, 1.54) is 0 Å². The molecule has 2 saturated heterocycles. The third kappa shape index (κ3) is 3.66. The summed E-state index contributed by atoms with van der Waals surface area (Å²) in [7, 11) is 3.54. The van der Waals surface area contributed by atoms with Gasteiger partial charge < -0.3 is 19.7 Å². The molecule has 3 aromatic rings. The van der Waals surface area contributed by atoms with Crippen LogP contribution in [0.4, 0.5) is 0 Å². The number of methoxy groups -OCH3 is 1. The third-order valence-electron chi connectivity index (χ3n) is 6.13. The molecule has 1 atom stereocenters. The molecule has 5 rings (SSSR count). The molecule has 2 aliphatic rings. The van der Waals surface area contributed by atoms with Crippen LogP contribution in [0.15, 0.2) is 30.3 Å². The average molecular weight is 422 g/mol. The Morgan fingerprint density at radius 2 is 2.00 bits per heavy atom. The van der Waals surface area contributed by atoms with Crippen molar-refractivity contribution in [3.05, 3.63) is 41.6 Å². The minimum atomic E-state index is 0.0118. The van der Waals surface area contributed by atoms with Crippen LogP contribution >= 0.6 is 0 Å². The standard InChI is InChI=1S/C23H27N5O3/c1-27-22-20(21(26-27)18-4-3-9-24-18)17(23(29)28-10-12-31-13-11-28)14-19(25-22)15-5-7-16(30-2)8-6-15/h5-8,14,18,24H,3-4,9-13H2,1-2H3. The molecular formula is C23H27N5O3. The van der Waals surface area contributed by atoms with Gasteiger partial charge in [-0.15, -0.1) is 0 Å². The van der Waals surface area contributed by atoms with Crippen LogP contribution in [-0.2, 0) is 11.8 Å². The molecule has 1 unspecified atom stereocenters. The molecule has 2 fully saturated rings. The van der Waals surface area contributed by atoms with Gasteiger partial charge in [-0.3, -0.25) is 9.48 Å². The molecule has 4 heterocycles. The number of rotatable bonds is 4. The van der Waals surface area contributed by atoms with Gasteiger partial charge in [0.1, 0.15) is 5.75 Å². The lowest BCUT2D eigenvalue weighted by Crippen LogP contribution is -2.40. The highest BCUT2D eigenvalue weighted by Crippen LogP contribution is 2.34. The van der Waals surface area contributed by atoms with Crippen LogP contribution in [0, 0.1) is 0 Å². The van der Waals surface area contributed by atoms with Crippen LogP contribution in [-0.4, -0.2) is 65.5 Å². The van der Waals surface area contributed by atoms with Crippen molar-refractivity contribution in [1.82, 2.24) is 25.0 Å². The van der Waals surface area contributed by atoms with Gasteiger partial charge in [0.05, 0.1) is 48.7 Å². The number of nitrogens with zero attached hydrogens (tertiary/aromatic N) is 4. The van der Waals surface area contributed by atoms with Crippen molar-refractivity contribution in [3.8, 4) is 17.0 Å². The maximum atomic E-state index is 13.6. The predicted molar refractivity (Wildman–Crippen MR) is 117 cm³/mol. The highest BCUT2D eigenvalue weighted by molar-refractivity contribution is 6.07. The Morgan fingerprint density at radius 1 is 1.23 bits per heavy atom. The minimum Gasteiger partial charge on any atom is -0.497 e. The number of benzene rings is 1. The van der Waals surface area contributed by atoms with Gasteiger partial charge in [-0.05, 0) is 49.7 Å². The molecule has 0 saturated carbocycles. The maximum Gasteiger partial charge on any atom is 0.254 e. The van der Waals surface area contributed by atoms with E-state index in [1.807, 2.05) is 42.3 Å². The van der Waals surface area contributed by atoms with E-state index in [-0.39, 0.29) is 11.9 Å². The van der Waals surface area contributed by atoms with E-state index >= 15 is 0 Å². The van der Waals surface area contributed by atoms with Gasteiger partial charge in [0.15, 0.2) is 5.65 Å². The summed E-state index contributed by atoms with van der Waals surface area (Å²) >= 11 is 0. The van der Waals surface area contributed by atoms with Gasteiger partial charge in [-0.2, -0.15) is 5.10 Å². The predicted octanol–water partition coefficient (Wildman–Crippen LogP) is 2.54. The number of hydrogen-bond donors (Lipinski definition) is 1. The van der Waals surface area contributed by atoms with Crippen LogP contribution in [0.25, 0.3) is 22.3 Å². The number of aromatic nitrogens is 3. The third-order valence-corrected chi connectivity index (χ3v) is 6.13. The second-order valence-corrected chi connectivity index (χ2v) is 8.04. The van der Waals surface area contributed by atoms with E-state index in [4.69, 9.17) is 19.6 Å². The summed E-state index contributed by atoms with van der Waals surface area (Å²) in [6.07, 6.45) is 2.12. The lowest BCUT2D eigenvalue weighted by molar-refractivity contribution is 0.0304. The number of amides is 1. The zero-order valence-electron chi connectivity index (χ0n) is 17.9. The maximum absolute atomic E-state index is 13.6. The Bertz CT molecular complexity index is 1100. The summed E-state index contributed by atoms with van der Waals surface area (Å²) in [5, 5.41) is 9.18. The molecule has 162 valence electrons. The topological polar surface area (TPSA) is 81.5 Å². The fourth-order valence-electron chi connectivity index (χ4n) is 4.45. The second kappa shape index (κ2) is 8.28. The van der Waals surface area contributed by atoms with E-state index in [1.54, 1.807) is 11.8 Å². The first-order valence-electron chi connectivity index (χ1n) is 10.8. The Kier molecular flexibility index (Phi) is 5.33. The average Bonchev–Trinajstić information content (AvgIpc) is 3.47. The first kappa shape index (κ1) is 20.0.